The molecular formula is C23H20Cl2N4S. The van der Waals surface area contributed by atoms with E-state index >= 15 is 0 Å². The van der Waals surface area contributed by atoms with Crippen LogP contribution in [0.5, 0.6) is 0 Å². The van der Waals surface area contributed by atoms with Crippen molar-refractivity contribution in [3.8, 4) is 0 Å². The van der Waals surface area contributed by atoms with Crippen LogP contribution in [-0.2, 0) is 6.54 Å². The topological polar surface area (TPSA) is 41.9 Å². The maximum absolute atomic E-state index is 6.06. The van der Waals surface area contributed by atoms with Crippen LogP contribution in [0.2, 0.25) is 10.0 Å². The van der Waals surface area contributed by atoms with Gasteiger partial charge in [0.25, 0.3) is 0 Å². The molecule has 1 aromatic heterocycles. The van der Waals surface area contributed by atoms with Gasteiger partial charge in [0, 0.05) is 15.7 Å². The smallest absolute Gasteiger partial charge is 0.175 e. The molecule has 4 nitrogen and oxygen atoms in total. The quantitative estimate of drug-likeness (QED) is 0.332. The van der Waals surface area contributed by atoms with E-state index in [-0.39, 0.29) is 0 Å². The molecule has 0 aliphatic rings. The van der Waals surface area contributed by atoms with Gasteiger partial charge in [0.15, 0.2) is 5.11 Å². The molecule has 3 aromatic carbocycles. The molecule has 1 heterocycles. The zero-order valence-corrected chi connectivity index (χ0v) is 18.9. The summed E-state index contributed by atoms with van der Waals surface area (Å²) in [6.45, 7) is 4.68. The minimum atomic E-state index is 0.448. The summed E-state index contributed by atoms with van der Waals surface area (Å²) in [5.74, 6) is 0. The van der Waals surface area contributed by atoms with Gasteiger partial charge in [-0.2, -0.15) is 5.10 Å². The molecule has 7 heteroatoms. The van der Waals surface area contributed by atoms with E-state index < -0.39 is 0 Å². The van der Waals surface area contributed by atoms with Crippen molar-refractivity contribution >= 4 is 62.7 Å². The number of hydrogen-bond donors (Lipinski definition) is 2. The summed E-state index contributed by atoms with van der Waals surface area (Å²) in [5, 5.41) is 15.1. The van der Waals surface area contributed by atoms with E-state index in [0.29, 0.717) is 21.7 Å². The van der Waals surface area contributed by atoms with Crippen LogP contribution >= 0.6 is 35.4 Å². The van der Waals surface area contributed by atoms with Gasteiger partial charge in [-0.05, 0) is 60.6 Å². The average molecular weight is 455 g/mol. The summed E-state index contributed by atoms with van der Waals surface area (Å²) in [6.07, 6.45) is 0. The Kier molecular flexibility index (Phi) is 5.95. The fourth-order valence-electron chi connectivity index (χ4n) is 3.53. The van der Waals surface area contributed by atoms with Gasteiger partial charge in [0.2, 0.25) is 0 Å². The van der Waals surface area contributed by atoms with E-state index in [0.717, 1.165) is 22.8 Å². The van der Waals surface area contributed by atoms with Crippen molar-refractivity contribution in [2.75, 3.05) is 10.6 Å². The van der Waals surface area contributed by atoms with Crippen LogP contribution in [0.15, 0.2) is 60.7 Å². The van der Waals surface area contributed by atoms with Crippen LogP contribution in [0.25, 0.3) is 10.8 Å². The summed E-state index contributed by atoms with van der Waals surface area (Å²) in [7, 11) is 0. The Morgan fingerprint density at radius 1 is 0.967 bits per heavy atom. The number of benzene rings is 3. The third-order valence-corrected chi connectivity index (χ3v) is 5.58. The van der Waals surface area contributed by atoms with Crippen molar-refractivity contribution in [2.45, 2.75) is 20.4 Å². The zero-order chi connectivity index (χ0) is 21.3. The van der Waals surface area contributed by atoms with Crippen LogP contribution in [0.1, 0.15) is 17.0 Å². The Balaban J connectivity index is 1.55. The lowest BCUT2D eigenvalue weighted by atomic mass is 10.0. The third-order valence-electron chi connectivity index (χ3n) is 4.94. The number of fused-ring (bicyclic) bond motifs is 1. The van der Waals surface area contributed by atoms with Gasteiger partial charge in [0.05, 0.1) is 23.6 Å². The van der Waals surface area contributed by atoms with Crippen LogP contribution in [0, 0.1) is 13.8 Å². The summed E-state index contributed by atoms with van der Waals surface area (Å²) in [5.41, 5.74) is 4.72. The third kappa shape index (κ3) is 4.43. The van der Waals surface area contributed by atoms with Crippen molar-refractivity contribution < 1.29 is 0 Å². The molecule has 0 spiro atoms. The molecule has 0 radical (unpaired) electrons. The first-order valence-electron chi connectivity index (χ1n) is 9.45. The van der Waals surface area contributed by atoms with E-state index in [9.17, 15) is 0 Å². The summed E-state index contributed by atoms with van der Waals surface area (Å²) < 4.78 is 2.00. The maximum Gasteiger partial charge on any atom is 0.175 e. The minimum Gasteiger partial charge on any atom is -0.332 e. The number of thiocarbonyl (C=S) groups is 1. The lowest BCUT2D eigenvalue weighted by Crippen LogP contribution is -2.20. The van der Waals surface area contributed by atoms with E-state index in [1.54, 1.807) is 18.2 Å². The summed E-state index contributed by atoms with van der Waals surface area (Å²) >= 11 is 17.6. The van der Waals surface area contributed by atoms with Gasteiger partial charge in [-0.1, -0.05) is 65.7 Å². The largest absolute Gasteiger partial charge is 0.332 e. The molecule has 0 atom stereocenters. The fraction of sp³-hybridized carbons (Fsp3) is 0.130. The zero-order valence-electron chi connectivity index (χ0n) is 16.5. The predicted octanol–water partition coefficient (Wildman–Crippen LogP) is 6.82. The standard InChI is InChI=1S/C23H20Cl2N4S/c1-14-22(27-23(30)26-20-11-18(24)10-19(25)12-20)15(2)29(28-14)13-17-8-5-7-16-6-3-4-9-21(16)17/h3-12H,13H2,1-2H3,(H2,26,27,30). The van der Waals surface area contributed by atoms with Gasteiger partial charge in [0.1, 0.15) is 0 Å². The van der Waals surface area contributed by atoms with Gasteiger partial charge >= 0.3 is 0 Å². The highest BCUT2D eigenvalue weighted by molar-refractivity contribution is 7.80. The second kappa shape index (κ2) is 8.64. The molecule has 0 aliphatic heterocycles. The van der Waals surface area contributed by atoms with E-state index in [1.807, 2.05) is 18.5 Å². The lowest BCUT2D eigenvalue weighted by molar-refractivity contribution is 0.662. The van der Waals surface area contributed by atoms with Crippen molar-refractivity contribution in [1.29, 1.82) is 0 Å². The monoisotopic (exact) mass is 454 g/mol. The summed E-state index contributed by atoms with van der Waals surface area (Å²) in [6, 6.07) is 19.9. The molecule has 30 heavy (non-hydrogen) atoms. The van der Waals surface area contributed by atoms with Gasteiger partial charge < -0.3 is 10.6 Å². The predicted molar refractivity (Wildman–Crippen MR) is 131 cm³/mol. The molecule has 0 unspecified atom stereocenters. The van der Waals surface area contributed by atoms with Crippen LogP contribution in [-0.4, -0.2) is 14.9 Å². The molecule has 0 saturated carbocycles. The fourth-order valence-corrected chi connectivity index (χ4v) is 4.27. The number of aromatic nitrogens is 2. The molecule has 4 aromatic rings. The van der Waals surface area contributed by atoms with E-state index in [4.69, 9.17) is 40.5 Å². The second-order valence-electron chi connectivity index (χ2n) is 7.08. The Morgan fingerprint density at radius 3 is 2.43 bits per heavy atom. The first-order valence-corrected chi connectivity index (χ1v) is 10.6. The first-order chi connectivity index (χ1) is 14.4. The molecular weight excluding hydrogens is 435 g/mol. The van der Waals surface area contributed by atoms with Gasteiger partial charge in [-0.15, -0.1) is 0 Å². The Hall–Kier alpha value is -2.60. The van der Waals surface area contributed by atoms with E-state index in [2.05, 4.69) is 53.1 Å². The molecule has 0 saturated heterocycles. The molecule has 0 bridgehead atoms. The van der Waals surface area contributed by atoms with Crippen molar-refractivity contribution in [2.24, 2.45) is 0 Å². The highest BCUT2D eigenvalue weighted by Crippen LogP contribution is 2.25. The Labute approximate surface area is 190 Å². The maximum atomic E-state index is 6.06. The number of halogens is 2. The number of nitrogens with one attached hydrogen (secondary N) is 2. The lowest BCUT2D eigenvalue weighted by Gasteiger charge is -2.12. The molecule has 2 N–H and O–H groups in total. The molecule has 4 rings (SSSR count). The number of rotatable bonds is 4. The second-order valence-corrected chi connectivity index (χ2v) is 8.36. The molecule has 152 valence electrons. The highest BCUT2D eigenvalue weighted by Gasteiger charge is 2.14. The Bertz CT molecular complexity index is 1220. The Morgan fingerprint density at radius 2 is 1.67 bits per heavy atom. The summed E-state index contributed by atoms with van der Waals surface area (Å²) in [4.78, 5) is 0. The van der Waals surface area contributed by atoms with Crippen molar-refractivity contribution in [3.63, 3.8) is 0 Å². The minimum absolute atomic E-state index is 0.448. The van der Waals surface area contributed by atoms with E-state index in [1.165, 1.54) is 16.3 Å². The number of aryl methyl sites for hydroxylation is 1. The average Bonchev–Trinajstić information content (AvgIpc) is 2.95. The first kappa shape index (κ1) is 20.7. The molecule has 0 aliphatic carbocycles. The number of anilines is 2. The molecule has 0 amide bonds. The number of hydrogen-bond acceptors (Lipinski definition) is 2. The van der Waals surface area contributed by atoms with Crippen molar-refractivity contribution in [1.82, 2.24) is 9.78 Å². The van der Waals surface area contributed by atoms with Crippen LogP contribution in [0.4, 0.5) is 11.4 Å². The number of nitrogens with zero attached hydrogens (tertiary/aromatic N) is 2. The van der Waals surface area contributed by atoms with Crippen LogP contribution < -0.4 is 10.6 Å². The van der Waals surface area contributed by atoms with Gasteiger partial charge in [-0.3, -0.25) is 4.68 Å². The molecule has 0 fully saturated rings. The normalized spacial score (nSPS) is 10.9. The van der Waals surface area contributed by atoms with Gasteiger partial charge in [-0.25, -0.2) is 0 Å². The van der Waals surface area contributed by atoms with Crippen LogP contribution in [0.3, 0.4) is 0 Å². The highest BCUT2D eigenvalue weighted by atomic mass is 35.5. The van der Waals surface area contributed by atoms with Crippen molar-refractivity contribution in [3.05, 3.63) is 87.7 Å². The SMILES string of the molecule is Cc1nn(Cc2cccc3ccccc23)c(C)c1NC(=S)Nc1cc(Cl)cc(Cl)c1.